The molecule has 0 fully saturated rings. The van der Waals surface area contributed by atoms with E-state index in [-0.39, 0.29) is 5.04 Å². The maximum absolute atomic E-state index is 9.60. The molecule has 3 N–H and O–H groups in total. The zero-order valence-electron chi connectivity index (χ0n) is 20.8. The number of nitrogens with one attached hydrogen (secondary N) is 1. The molecule has 0 bridgehead atoms. The normalized spacial score (nSPS) is 12.2. The monoisotopic (exact) mass is 465 g/mol. The fraction of sp³-hybridized carbons (Fsp3) is 0.500. The summed E-state index contributed by atoms with van der Waals surface area (Å²) in [5, 5.41) is 17.5. The number of nitrogens with two attached hydrogens (primary N) is 1. The quantitative estimate of drug-likeness (QED) is 0.473. The van der Waals surface area contributed by atoms with Crippen molar-refractivity contribution in [2.24, 2.45) is 0 Å². The largest absolute Gasteiger partial charge is 0.416 e. The fourth-order valence-corrected chi connectivity index (χ4v) is 4.31. The zero-order chi connectivity index (χ0) is 24.4. The molecule has 0 spiro atoms. The molecule has 0 saturated heterocycles. The number of hydrogen-bond donors (Lipinski definition) is 2. The second kappa shape index (κ2) is 9.49. The van der Waals surface area contributed by atoms with E-state index >= 15 is 0 Å². The molecule has 33 heavy (non-hydrogen) atoms. The predicted octanol–water partition coefficient (Wildman–Crippen LogP) is 4.41. The van der Waals surface area contributed by atoms with Crippen molar-refractivity contribution in [2.45, 2.75) is 65.6 Å². The lowest BCUT2D eigenvalue weighted by atomic mass is 10.2. The lowest BCUT2D eigenvalue weighted by Gasteiger charge is -2.36. The molecular weight excluding hydrogens is 430 g/mol. The van der Waals surface area contributed by atoms with Crippen molar-refractivity contribution in [1.29, 1.82) is 5.26 Å². The fourth-order valence-electron chi connectivity index (χ4n) is 3.26. The second-order valence-electron chi connectivity index (χ2n) is 9.93. The third kappa shape index (κ3) is 5.34. The lowest BCUT2D eigenvalue weighted by Crippen LogP contribution is -2.41. The van der Waals surface area contributed by atoms with Gasteiger partial charge < -0.3 is 15.5 Å². The molecule has 0 atom stereocenters. The van der Waals surface area contributed by atoms with Crippen molar-refractivity contribution < 1.29 is 4.43 Å². The molecular formula is C24H35N7OSi. The van der Waals surface area contributed by atoms with Crippen molar-refractivity contribution in [1.82, 2.24) is 19.6 Å². The molecule has 0 radical (unpaired) electrons. The zero-order valence-corrected chi connectivity index (χ0v) is 21.8. The van der Waals surface area contributed by atoms with Gasteiger partial charge in [-0.25, -0.2) is 4.98 Å². The number of hydrogen-bond acceptors (Lipinski definition) is 7. The summed E-state index contributed by atoms with van der Waals surface area (Å²) >= 11 is 0. The van der Waals surface area contributed by atoms with Crippen LogP contribution in [0.2, 0.25) is 18.1 Å². The number of fused-ring (bicyclic) bond motifs is 1. The molecule has 3 aromatic heterocycles. The van der Waals surface area contributed by atoms with Crippen molar-refractivity contribution in [2.75, 3.05) is 24.2 Å². The molecule has 9 heteroatoms. The highest BCUT2D eigenvalue weighted by Gasteiger charge is 2.36. The van der Waals surface area contributed by atoms with E-state index in [4.69, 9.17) is 15.1 Å². The van der Waals surface area contributed by atoms with Crippen molar-refractivity contribution in [3.05, 3.63) is 46.4 Å². The van der Waals surface area contributed by atoms with Crippen LogP contribution in [0.4, 0.5) is 11.6 Å². The first-order chi connectivity index (χ1) is 15.4. The van der Waals surface area contributed by atoms with E-state index in [1.54, 1.807) is 0 Å². The van der Waals surface area contributed by atoms with E-state index in [1.165, 1.54) is 4.52 Å². The smallest absolute Gasteiger partial charge is 0.191 e. The minimum Gasteiger partial charge on any atom is -0.416 e. The summed E-state index contributed by atoms with van der Waals surface area (Å²) in [7, 11) is -1.75. The van der Waals surface area contributed by atoms with Crippen LogP contribution in [0.5, 0.6) is 0 Å². The number of aryl methyl sites for hydroxylation is 2. The molecule has 0 unspecified atom stereocenters. The standard InChI is InChI=1S/C24H35N7OSi/c1-16-17(2)30-31-21(26)20(15-25)22(29-23(16)31)27-13-11-18-9-8-10-19(28-18)12-14-32-33(6,7)24(3,4)5/h8-10H,11-14,26H2,1-7H3,(H,27,29). The van der Waals surface area contributed by atoms with Crippen LogP contribution in [0.1, 0.15) is 49.0 Å². The van der Waals surface area contributed by atoms with Crippen LogP contribution in [0.15, 0.2) is 18.2 Å². The van der Waals surface area contributed by atoms with Crippen molar-refractivity contribution in [3.63, 3.8) is 0 Å². The molecule has 3 rings (SSSR count). The SMILES string of the molecule is Cc1nn2c(N)c(C#N)c(NCCc3cccc(CCO[Si](C)(C)C(C)(C)C)n3)nc2c1C. The Labute approximate surface area is 197 Å². The minimum atomic E-state index is -1.75. The van der Waals surface area contributed by atoms with Crippen LogP contribution in [-0.2, 0) is 17.3 Å². The first kappa shape index (κ1) is 24.7. The van der Waals surface area contributed by atoms with Gasteiger partial charge in [-0.15, -0.1) is 0 Å². The van der Waals surface area contributed by atoms with Crippen LogP contribution in [0.3, 0.4) is 0 Å². The Morgan fingerprint density at radius 3 is 2.45 bits per heavy atom. The summed E-state index contributed by atoms with van der Waals surface area (Å²) < 4.78 is 7.82. The highest BCUT2D eigenvalue weighted by molar-refractivity contribution is 6.74. The molecule has 3 aromatic rings. The predicted molar refractivity (Wildman–Crippen MR) is 135 cm³/mol. The van der Waals surface area contributed by atoms with Crippen LogP contribution in [0.25, 0.3) is 5.65 Å². The Bertz CT molecular complexity index is 1190. The van der Waals surface area contributed by atoms with Crippen LogP contribution >= 0.6 is 0 Å². The number of anilines is 2. The summed E-state index contributed by atoms with van der Waals surface area (Å²) in [6, 6.07) is 8.24. The molecule has 0 aliphatic heterocycles. The Balaban J connectivity index is 1.64. The van der Waals surface area contributed by atoms with E-state index in [0.29, 0.717) is 42.4 Å². The Hall–Kier alpha value is -2.96. The van der Waals surface area contributed by atoms with Crippen molar-refractivity contribution >= 4 is 25.6 Å². The number of nitrogen functional groups attached to an aromatic ring is 1. The van der Waals surface area contributed by atoms with Crippen LogP contribution in [-0.4, -0.2) is 41.1 Å². The third-order valence-electron chi connectivity index (χ3n) is 6.54. The minimum absolute atomic E-state index is 0.199. The van der Waals surface area contributed by atoms with Gasteiger partial charge >= 0.3 is 0 Å². The summed E-state index contributed by atoms with van der Waals surface area (Å²) in [6.07, 6.45) is 1.49. The highest BCUT2D eigenvalue weighted by Crippen LogP contribution is 2.36. The summed E-state index contributed by atoms with van der Waals surface area (Å²) in [4.78, 5) is 9.40. The van der Waals surface area contributed by atoms with Crippen molar-refractivity contribution in [3.8, 4) is 6.07 Å². The highest BCUT2D eigenvalue weighted by atomic mass is 28.4. The third-order valence-corrected chi connectivity index (χ3v) is 11.1. The second-order valence-corrected chi connectivity index (χ2v) is 14.7. The lowest BCUT2D eigenvalue weighted by molar-refractivity contribution is 0.290. The van der Waals surface area contributed by atoms with Gasteiger partial charge in [-0.1, -0.05) is 26.8 Å². The molecule has 0 saturated carbocycles. The van der Waals surface area contributed by atoms with E-state index in [2.05, 4.69) is 55.3 Å². The summed E-state index contributed by atoms with van der Waals surface area (Å²) in [5.74, 6) is 0.771. The van der Waals surface area contributed by atoms with Gasteiger partial charge in [0.25, 0.3) is 0 Å². The molecule has 8 nitrogen and oxygen atoms in total. The number of pyridine rings is 1. The van der Waals surface area contributed by atoms with Gasteiger partial charge in [-0.3, -0.25) is 4.98 Å². The van der Waals surface area contributed by atoms with Gasteiger partial charge in [-0.2, -0.15) is 14.9 Å². The molecule has 0 aliphatic carbocycles. The van der Waals surface area contributed by atoms with Gasteiger partial charge in [-0.05, 0) is 44.1 Å². The number of nitriles is 1. The summed E-state index contributed by atoms with van der Waals surface area (Å²) in [6.45, 7) is 16.4. The first-order valence-electron chi connectivity index (χ1n) is 11.3. The average Bonchev–Trinajstić information content (AvgIpc) is 3.02. The molecule has 176 valence electrons. The molecule has 0 amide bonds. The molecule has 0 aromatic carbocycles. The van der Waals surface area contributed by atoms with Gasteiger partial charge in [0.2, 0.25) is 0 Å². The maximum Gasteiger partial charge on any atom is 0.191 e. The average molecular weight is 466 g/mol. The van der Waals surface area contributed by atoms with Gasteiger partial charge in [0.05, 0.1) is 5.69 Å². The van der Waals surface area contributed by atoms with Gasteiger partial charge in [0.1, 0.15) is 23.3 Å². The first-order valence-corrected chi connectivity index (χ1v) is 14.2. The van der Waals surface area contributed by atoms with E-state index in [0.717, 1.165) is 29.1 Å². The van der Waals surface area contributed by atoms with E-state index in [9.17, 15) is 5.26 Å². The number of aromatic nitrogens is 4. The van der Waals surface area contributed by atoms with Crippen LogP contribution in [0, 0.1) is 25.2 Å². The maximum atomic E-state index is 9.60. The number of nitrogens with zero attached hydrogens (tertiary/aromatic N) is 5. The Kier molecular flexibility index (Phi) is 7.10. The van der Waals surface area contributed by atoms with E-state index in [1.807, 2.05) is 32.0 Å². The molecule has 3 heterocycles. The molecule has 0 aliphatic rings. The van der Waals surface area contributed by atoms with Gasteiger partial charge in [0.15, 0.2) is 14.0 Å². The Morgan fingerprint density at radius 2 is 1.82 bits per heavy atom. The summed E-state index contributed by atoms with van der Waals surface area (Å²) in [5.41, 5.74) is 11.0. The number of rotatable bonds is 8. The van der Waals surface area contributed by atoms with Gasteiger partial charge in [0, 0.05) is 42.9 Å². The topological polar surface area (TPSA) is 114 Å². The van der Waals surface area contributed by atoms with Crippen LogP contribution < -0.4 is 11.1 Å². The van der Waals surface area contributed by atoms with E-state index < -0.39 is 8.32 Å². The Morgan fingerprint density at radius 1 is 1.15 bits per heavy atom.